The van der Waals surface area contributed by atoms with Gasteiger partial charge in [0, 0.05) is 24.7 Å². The first-order valence-corrected chi connectivity index (χ1v) is 6.36. The van der Waals surface area contributed by atoms with Crippen LogP contribution >= 0.6 is 0 Å². The van der Waals surface area contributed by atoms with E-state index in [0.29, 0.717) is 19.6 Å². The molecular formula is C13H15F4NO2. The predicted molar refractivity (Wildman–Crippen MR) is 62.3 cm³/mol. The van der Waals surface area contributed by atoms with Crippen LogP contribution in [-0.2, 0) is 9.47 Å². The molecule has 3 nitrogen and oxygen atoms in total. The van der Waals surface area contributed by atoms with Crippen molar-refractivity contribution in [2.24, 2.45) is 0 Å². The molecule has 1 aromatic rings. The lowest BCUT2D eigenvalue weighted by atomic mass is 9.88. The Labute approximate surface area is 113 Å². The molecule has 112 valence electrons. The minimum absolute atomic E-state index is 0.351. The molecule has 0 saturated carbocycles. The summed E-state index contributed by atoms with van der Waals surface area (Å²) in [4.78, 5) is 2.56. The molecule has 7 heteroatoms. The zero-order valence-electron chi connectivity index (χ0n) is 11.1. The van der Waals surface area contributed by atoms with E-state index in [1.807, 2.05) is 0 Å². The fraction of sp³-hybridized carbons (Fsp3) is 0.615. The highest BCUT2D eigenvalue weighted by Gasteiger charge is 2.36. The minimum Gasteiger partial charge on any atom is -0.378 e. The van der Waals surface area contributed by atoms with Crippen LogP contribution in [0.4, 0.5) is 17.6 Å². The van der Waals surface area contributed by atoms with Gasteiger partial charge < -0.3 is 9.47 Å². The molecule has 2 unspecified atom stereocenters. The topological polar surface area (TPSA) is 31.4 Å². The maximum Gasteiger partial charge on any atom is 0.252 e. The van der Waals surface area contributed by atoms with Crippen molar-refractivity contribution >= 4 is 0 Å². The van der Waals surface area contributed by atoms with Gasteiger partial charge in [-0.1, -0.05) is 0 Å². The zero-order valence-corrected chi connectivity index (χ0v) is 11.1. The van der Waals surface area contributed by atoms with E-state index in [9.17, 15) is 17.6 Å². The monoisotopic (exact) mass is 293 g/mol. The Morgan fingerprint density at radius 2 is 1.35 bits per heavy atom. The largest absolute Gasteiger partial charge is 0.378 e. The van der Waals surface area contributed by atoms with Crippen LogP contribution in [0.3, 0.4) is 0 Å². The molecule has 0 bridgehead atoms. The van der Waals surface area contributed by atoms with Crippen molar-refractivity contribution in [3.63, 3.8) is 0 Å². The van der Waals surface area contributed by atoms with E-state index in [2.05, 4.69) is 4.98 Å². The van der Waals surface area contributed by atoms with Gasteiger partial charge in [-0.2, -0.15) is 13.8 Å². The Bertz CT molecular complexity index is 459. The third-order valence-corrected chi connectivity index (χ3v) is 3.43. The summed E-state index contributed by atoms with van der Waals surface area (Å²) in [6, 6.07) is 0. The summed E-state index contributed by atoms with van der Waals surface area (Å²) < 4.78 is 65.0. The highest BCUT2D eigenvalue weighted by Crippen LogP contribution is 2.33. The number of nitrogens with zero attached hydrogens (tertiary/aromatic N) is 1. The third-order valence-electron chi connectivity index (χ3n) is 3.43. The predicted octanol–water partition coefficient (Wildman–Crippen LogP) is 2.94. The fourth-order valence-corrected chi connectivity index (χ4v) is 2.45. The maximum atomic E-state index is 13.9. The van der Waals surface area contributed by atoms with E-state index in [1.54, 1.807) is 13.8 Å². The van der Waals surface area contributed by atoms with Gasteiger partial charge in [0.25, 0.3) is 11.9 Å². The normalized spacial score (nSPS) is 28.0. The standard InChI is InChI=1S/C13H15F4NO2/c1-6-8(7(2)20-5-3-4-19-6)9-10(14)12(16)18-13(17)11(9)15/h6-8H,3-5H2,1-2H3. The summed E-state index contributed by atoms with van der Waals surface area (Å²) in [5.41, 5.74) is -0.711. The van der Waals surface area contributed by atoms with E-state index in [4.69, 9.17) is 9.47 Å². The lowest BCUT2D eigenvalue weighted by Crippen LogP contribution is -2.35. The molecule has 1 aliphatic heterocycles. The number of halogens is 4. The molecule has 0 aliphatic carbocycles. The van der Waals surface area contributed by atoms with Crippen molar-refractivity contribution in [3.05, 3.63) is 29.1 Å². The van der Waals surface area contributed by atoms with Crippen molar-refractivity contribution in [2.45, 2.75) is 38.4 Å². The van der Waals surface area contributed by atoms with E-state index in [1.165, 1.54) is 0 Å². The summed E-state index contributed by atoms with van der Waals surface area (Å²) >= 11 is 0. The second-order valence-electron chi connectivity index (χ2n) is 4.77. The summed E-state index contributed by atoms with van der Waals surface area (Å²) in [6.07, 6.45) is -0.642. The first kappa shape index (κ1) is 15.2. The molecule has 2 atom stereocenters. The molecule has 2 rings (SSSR count). The van der Waals surface area contributed by atoms with Gasteiger partial charge in [-0.25, -0.2) is 8.78 Å². The fourth-order valence-electron chi connectivity index (χ4n) is 2.45. The SMILES string of the molecule is CC1OCCCOC(C)C1c1c(F)c(F)nc(F)c1F. The van der Waals surface area contributed by atoms with E-state index in [0.717, 1.165) is 0 Å². The van der Waals surface area contributed by atoms with E-state index < -0.39 is 47.2 Å². The maximum absolute atomic E-state index is 13.9. The van der Waals surface area contributed by atoms with Crippen LogP contribution in [0.5, 0.6) is 0 Å². The van der Waals surface area contributed by atoms with E-state index >= 15 is 0 Å². The van der Waals surface area contributed by atoms with Crippen LogP contribution in [-0.4, -0.2) is 30.4 Å². The Morgan fingerprint density at radius 3 is 1.80 bits per heavy atom. The lowest BCUT2D eigenvalue weighted by molar-refractivity contribution is -0.0587. The van der Waals surface area contributed by atoms with Crippen molar-refractivity contribution in [1.82, 2.24) is 4.98 Å². The Morgan fingerprint density at radius 1 is 0.900 bits per heavy atom. The molecule has 2 heterocycles. The number of hydrogen-bond donors (Lipinski definition) is 0. The van der Waals surface area contributed by atoms with Gasteiger partial charge in [0.1, 0.15) is 0 Å². The van der Waals surface area contributed by atoms with Crippen molar-refractivity contribution in [1.29, 1.82) is 0 Å². The summed E-state index contributed by atoms with van der Waals surface area (Å²) in [6.45, 7) is 3.88. The molecule has 0 amide bonds. The second kappa shape index (κ2) is 6.05. The molecule has 0 radical (unpaired) electrons. The van der Waals surface area contributed by atoms with Gasteiger partial charge in [0.15, 0.2) is 11.6 Å². The number of pyridine rings is 1. The smallest absolute Gasteiger partial charge is 0.252 e. The van der Waals surface area contributed by atoms with Crippen molar-refractivity contribution in [2.75, 3.05) is 13.2 Å². The summed E-state index contributed by atoms with van der Waals surface area (Å²) in [5, 5.41) is 0. The Balaban J connectivity index is 2.51. The van der Waals surface area contributed by atoms with Crippen LogP contribution in [0.25, 0.3) is 0 Å². The molecule has 1 aliphatic rings. The summed E-state index contributed by atoms with van der Waals surface area (Å²) in [5.74, 6) is -7.29. The highest BCUT2D eigenvalue weighted by molar-refractivity contribution is 5.24. The molecule has 0 N–H and O–H groups in total. The first-order chi connectivity index (χ1) is 9.43. The van der Waals surface area contributed by atoms with Gasteiger partial charge in [-0.05, 0) is 20.3 Å². The molecule has 1 fully saturated rings. The van der Waals surface area contributed by atoms with Crippen LogP contribution in [0.15, 0.2) is 0 Å². The van der Waals surface area contributed by atoms with Gasteiger partial charge in [0.05, 0.1) is 12.2 Å². The van der Waals surface area contributed by atoms with Crippen LogP contribution < -0.4 is 0 Å². The van der Waals surface area contributed by atoms with Crippen molar-refractivity contribution in [3.8, 4) is 0 Å². The molecule has 20 heavy (non-hydrogen) atoms. The number of hydrogen-bond acceptors (Lipinski definition) is 3. The van der Waals surface area contributed by atoms with Crippen LogP contribution in [0.2, 0.25) is 0 Å². The number of rotatable bonds is 1. The van der Waals surface area contributed by atoms with Crippen LogP contribution in [0, 0.1) is 23.5 Å². The summed E-state index contributed by atoms with van der Waals surface area (Å²) in [7, 11) is 0. The average Bonchev–Trinajstić information content (AvgIpc) is 2.39. The highest BCUT2D eigenvalue weighted by atomic mass is 19.2. The minimum atomic E-state index is -1.67. The number of ether oxygens (including phenoxy) is 2. The lowest BCUT2D eigenvalue weighted by Gasteiger charge is -2.32. The quantitative estimate of drug-likeness (QED) is 0.589. The second-order valence-corrected chi connectivity index (χ2v) is 4.77. The Kier molecular flexibility index (Phi) is 4.59. The molecule has 0 aromatic carbocycles. The first-order valence-electron chi connectivity index (χ1n) is 6.36. The molecular weight excluding hydrogens is 278 g/mol. The van der Waals surface area contributed by atoms with Crippen LogP contribution in [0.1, 0.15) is 31.7 Å². The molecule has 0 spiro atoms. The van der Waals surface area contributed by atoms with Crippen molar-refractivity contribution < 1.29 is 27.0 Å². The number of aromatic nitrogens is 1. The molecule has 1 aromatic heterocycles. The third kappa shape index (κ3) is 2.78. The van der Waals surface area contributed by atoms with Gasteiger partial charge >= 0.3 is 0 Å². The molecule has 1 saturated heterocycles. The van der Waals surface area contributed by atoms with Gasteiger partial charge in [-0.3, -0.25) is 0 Å². The van der Waals surface area contributed by atoms with Gasteiger partial charge in [-0.15, -0.1) is 0 Å². The Hall–Kier alpha value is -1.21. The zero-order chi connectivity index (χ0) is 14.9. The average molecular weight is 293 g/mol. The van der Waals surface area contributed by atoms with E-state index in [-0.39, 0.29) is 0 Å². The van der Waals surface area contributed by atoms with Gasteiger partial charge in [0.2, 0.25) is 0 Å².